The third-order valence-electron chi connectivity index (χ3n) is 4.19. The zero-order chi connectivity index (χ0) is 17.8. The summed E-state index contributed by atoms with van der Waals surface area (Å²) in [6.07, 6.45) is 5.61. The molecule has 1 aliphatic heterocycles. The number of amides is 1. The van der Waals surface area contributed by atoms with E-state index in [1.807, 2.05) is 0 Å². The molecule has 134 valence electrons. The Morgan fingerprint density at radius 3 is 2.56 bits per heavy atom. The van der Waals surface area contributed by atoms with E-state index in [2.05, 4.69) is 33.7 Å². The van der Waals surface area contributed by atoms with E-state index >= 15 is 0 Å². The summed E-state index contributed by atoms with van der Waals surface area (Å²) in [4.78, 5) is 29.2. The number of anilines is 1. The molecule has 1 unspecified atom stereocenters. The number of oxazole rings is 1. The minimum Gasteiger partial charge on any atom is -0.446 e. The lowest BCUT2D eigenvalue weighted by molar-refractivity contribution is 0.0740. The number of hydrogen-bond acceptors (Lipinski definition) is 7. The van der Waals surface area contributed by atoms with E-state index in [-0.39, 0.29) is 11.9 Å². The van der Waals surface area contributed by atoms with Crippen molar-refractivity contribution in [2.45, 2.75) is 26.3 Å². The lowest BCUT2D eigenvalue weighted by Gasteiger charge is -2.34. The van der Waals surface area contributed by atoms with Gasteiger partial charge in [0.2, 0.25) is 11.8 Å². The highest BCUT2D eigenvalue weighted by molar-refractivity contribution is 5.92. The first-order valence-electron chi connectivity index (χ1n) is 8.57. The molecular formula is C17H24N6O2. The molecule has 0 bridgehead atoms. The van der Waals surface area contributed by atoms with Gasteiger partial charge >= 0.3 is 0 Å². The highest BCUT2D eigenvalue weighted by Gasteiger charge is 2.26. The lowest BCUT2D eigenvalue weighted by atomic mass is 10.0. The first-order chi connectivity index (χ1) is 12.0. The highest BCUT2D eigenvalue weighted by atomic mass is 16.3. The van der Waals surface area contributed by atoms with Crippen LogP contribution in [0.25, 0.3) is 0 Å². The second-order valence-corrected chi connectivity index (χ2v) is 6.64. The van der Waals surface area contributed by atoms with Gasteiger partial charge in [-0.25, -0.2) is 15.0 Å². The zero-order valence-corrected chi connectivity index (χ0v) is 14.6. The van der Waals surface area contributed by atoms with Crippen molar-refractivity contribution in [2.75, 3.05) is 31.1 Å². The Balaban J connectivity index is 1.59. The van der Waals surface area contributed by atoms with Crippen LogP contribution in [-0.2, 0) is 0 Å². The molecule has 0 aliphatic carbocycles. The summed E-state index contributed by atoms with van der Waals surface area (Å²) in [6.45, 7) is 6.74. The SMILES string of the molecule is CC(C)CC(N)c1nc(C(=O)N2CCN(c3ncccn3)CC2)co1. The van der Waals surface area contributed by atoms with Crippen molar-refractivity contribution in [3.8, 4) is 0 Å². The van der Waals surface area contributed by atoms with Crippen LogP contribution >= 0.6 is 0 Å². The van der Waals surface area contributed by atoms with Crippen LogP contribution < -0.4 is 10.6 Å². The van der Waals surface area contributed by atoms with Crippen LogP contribution in [0.15, 0.2) is 29.1 Å². The van der Waals surface area contributed by atoms with Crippen molar-refractivity contribution < 1.29 is 9.21 Å². The quantitative estimate of drug-likeness (QED) is 0.876. The average Bonchev–Trinajstić information content (AvgIpc) is 3.12. The molecule has 3 rings (SSSR count). The number of carbonyl (C=O) groups is 1. The summed E-state index contributed by atoms with van der Waals surface area (Å²) in [5, 5.41) is 0. The van der Waals surface area contributed by atoms with Gasteiger partial charge in [-0.05, 0) is 18.4 Å². The van der Waals surface area contributed by atoms with E-state index < -0.39 is 0 Å². The average molecular weight is 344 g/mol. The number of carbonyl (C=O) groups excluding carboxylic acids is 1. The predicted molar refractivity (Wildman–Crippen MR) is 93.0 cm³/mol. The number of hydrogen-bond donors (Lipinski definition) is 1. The molecule has 25 heavy (non-hydrogen) atoms. The van der Waals surface area contributed by atoms with Crippen molar-refractivity contribution in [1.82, 2.24) is 19.9 Å². The standard InChI is InChI=1S/C17H24N6O2/c1-12(2)10-13(18)15-21-14(11-25-15)16(24)22-6-8-23(9-7-22)17-19-4-3-5-20-17/h3-5,11-13H,6-10,18H2,1-2H3. The third-order valence-corrected chi connectivity index (χ3v) is 4.19. The maximum atomic E-state index is 12.6. The van der Waals surface area contributed by atoms with Crippen LogP contribution in [0.1, 0.15) is 42.7 Å². The topological polar surface area (TPSA) is 101 Å². The molecule has 1 atom stereocenters. The molecule has 1 saturated heterocycles. The van der Waals surface area contributed by atoms with Crippen LogP contribution in [-0.4, -0.2) is 51.9 Å². The fraction of sp³-hybridized carbons (Fsp3) is 0.529. The lowest BCUT2D eigenvalue weighted by Crippen LogP contribution is -2.49. The van der Waals surface area contributed by atoms with Crippen molar-refractivity contribution in [1.29, 1.82) is 0 Å². The number of aromatic nitrogens is 3. The number of rotatable bonds is 5. The number of nitrogens with zero attached hydrogens (tertiary/aromatic N) is 5. The molecule has 0 radical (unpaired) electrons. The summed E-state index contributed by atoms with van der Waals surface area (Å²) in [6, 6.07) is 1.50. The van der Waals surface area contributed by atoms with Gasteiger partial charge in [0.05, 0.1) is 6.04 Å². The Morgan fingerprint density at radius 1 is 1.24 bits per heavy atom. The molecule has 0 aromatic carbocycles. The normalized spacial score (nSPS) is 16.3. The Labute approximate surface area is 147 Å². The molecular weight excluding hydrogens is 320 g/mol. The first kappa shape index (κ1) is 17.3. The van der Waals surface area contributed by atoms with Crippen LogP contribution in [0.3, 0.4) is 0 Å². The largest absolute Gasteiger partial charge is 0.446 e. The predicted octanol–water partition coefficient (Wildman–Crippen LogP) is 1.47. The maximum Gasteiger partial charge on any atom is 0.275 e. The van der Waals surface area contributed by atoms with E-state index in [1.165, 1.54) is 6.26 Å². The number of piperazine rings is 1. The molecule has 0 saturated carbocycles. The second-order valence-electron chi connectivity index (χ2n) is 6.64. The molecule has 3 heterocycles. The fourth-order valence-electron chi connectivity index (χ4n) is 2.89. The van der Waals surface area contributed by atoms with Crippen LogP contribution in [0, 0.1) is 5.92 Å². The number of nitrogens with two attached hydrogens (primary N) is 1. The Hall–Kier alpha value is -2.48. The maximum absolute atomic E-state index is 12.6. The smallest absolute Gasteiger partial charge is 0.275 e. The van der Waals surface area contributed by atoms with Gasteiger partial charge in [-0.2, -0.15) is 0 Å². The van der Waals surface area contributed by atoms with E-state index in [9.17, 15) is 4.79 Å². The molecule has 1 amide bonds. The second kappa shape index (κ2) is 7.60. The summed E-state index contributed by atoms with van der Waals surface area (Å²) < 4.78 is 5.42. The van der Waals surface area contributed by atoms with Gasteiger partial charge in [-0.3, -0.25) is 4.79 Å². The molecule has 8 nitrogen and oxygen atoms in total. The first-order valence-corrected chi connectivity index (χ1v) is 8.57. The van der Waals surface area contributed by atoms with Gasteiger partial charge in [0.1, 0.15) is 6.26 Å². The fourth-order valence-corrected chi connectivity index (χ4v) is 2.89. The monoisotopic (exact) mass is 344 g/mol. The van der Waals surface area contributed by atoms with E-state index in [0.29, 0.717) is 49.6 Å². The molecule has 1 aliphatic rings. The van der Waals surface area contributed by atoms with Gasteiger partial charge in [-0.15, -0.1) is 0 Å². The van der Waals surface area contributed by atoms with E-state index in [0.717, 1.165) is 6.42 Å². The summed E-state index contributed by atoms with van der Waals surface area (Å²) >= 11 is 0. The van der Waals surface area contributed by atoms with Crippen molar-refractivity contribution >= 4 is 11.9 Å². The Morgan fingerprint density at radius 2 is 1.92 bits per heavy atom. The summed E-state index contributed by atoms with van der Waals surface area (Å²) in [5.74, 6) is 1.43. The van der Waals surface area contributed by atoms with Crippen molar-refractivity contribution in [3.05, 3.63) is 36.3 Å². The third kappa shape index (κ3) is 4.14. The Kier molecular flexibility index (Phi) is 5.28. The van der Waals surface area contributed by atoms with Gasteiger partial charge in [0, 0.05) is 38.6 Å². The van der Waals surface area contributed by atoms with Crippen molar-refractivity contribution in [3.63, 3.8) is 0 Å². The molecule has 2 aromatic rings. The van der Waals surface area contributed by atoms with Gasteiger partial charge in [0.25, 0.3) is 5.91 Å². The molecule has 1 fully saturated rings. The van der Waals surface area contributed by atoms with E-state index in [4.69, 9.17) is 10.2 Å². The molecule has 0 spiro atoms. The van der Waals surface area contributed by atoms with Crippen LogP contribution in [0.4, 0.5) is 5.95 Å². The summed E-state index contributed by atoms with van der Waals surface area (Å²) in [5.41, 5.74) is 6.39. The minimum absolute atomic E-state index is 0.125. The summed E-state index contributed by atoms with van der Waals surface area (Å²) in [7, 11) is 0. The molecule has 8 heteroatoms. The molecule has 2 N–H and O–H groups in total. The highest BCUT2D eigenvalue weighted by Crippen LogP contribution is 2.19. The van der Waals surface area contributed by atoms with Gasteiger partial charge in [-0.1, -0.05) is 13.8 Å². The van der Waals surface area contributed by atoms with Gasteiger partial charge in [0.15, 0.2) is 5.69 Å². The molecule has 2 aromatic heterocycles. The van der Waals surface area contributed by atoms with Gasteiger partial charge < -0.3 is 20.0 Å². The Bertz CT molecular complexity index is 694. The van der Waals surface area contributed by atoms with Crippen LogP contribution in [0.5, 0.6) is 0 Å². The van der Waals surface area contributed by atoms with Crippen molar-refractivity contribution in [2.24, 2.45) is 11.7 Å². The van der Waals surface area contributed by atoms with E-state index in [1.54, 1.807) is 23.4 Å². The minimum atomic E-state index is -0.284. The zero-order valence-electron chi connectivity index (χ0n) is 14.6. The van der Waals surface area contributed by atoms with Crippen LogP contribution in [0.2, 0.25) is 0 Å².